The summed E-state index contributed by atoms with van der Waals surface area (Å²) in [5.74, 6) is 0. The fourth-order valence-corrected chi connectivity index (χ4v) is 3.82. The summed E-state index contributed by atoms with van der Waals surface area (Å²) in [4.78, 5) is 0. The van der Waals surface area contributed by atoms with Gasteiger partial charge in [-0.3, -0.25) is 0 Å². The van der Waals surface area contributed by atoms with Gasteiger partial charge in [0, 0.05) is 72.0 Å². The molecule has 6 heteroatoms. The molecule has 31 heavy (non-hydrogen) atoms. The summed E-state index contributed by atoms with van der Waals surface area (Å²) in [6.45, 7) is 10.3. The van der Waals surface area contributed by atoms with Crippen LogP contribution in [0.4, 0.5) is 0 Å². The quantitative estimate of drug-likeness (QED) is 0.155. The third-order valence-electron chi connectivity index (χ3n) is 5.42. The Balaban J connectivity index is 1.28. The van der Waals surface area contributed by atoms with Crippen molar-refractivity contribution < 1.29 is 0 Å². The van der Waals surface area contributed by atoms with Gasteiger partial charge in [-0.25, -0.2) is 0 Å². The molecule has 0 aromatic heterocycles. The highest BCUT2D eigenvalue weighted by molar-refractivity contribution is 6.02. The SMILES string of the molecule is NCCNCCNCCNCCNCCNCc1c2ccccc2cc2ccccc12. The van der Waals surface area contributed by atoms with Crippen molar-refractivity contribution in [2.75, 3.05) is 65.4 Å². The maximum Gasteiger partial charge on any atom is 0.0218 e. The minimum Gasteiger partial charge on any atom is -0.329 e. The van der Waals surface area contributed by atoms with E-state index in [-0.39, 0.29) is 0 Å². The Labute approximate surface area is 186 Å². The van der Waals surface area contributed by atoms with Gasteiger partial charge in [0.2, 0.25) is 0 Å². The molecule has 0 atom stereocenters. The Morgan fingerprint density at radius 3 is 1.42 bits per heavy atom. The fraction of sp³-hybridized carbons (Fsp3) is 0.440. The molecule has 0 fully saturated rings. The standard InChI is InChI=1S/C25H38N6/c26-9-10-27-11-12-28-13-14-29-15-16-30-17-18-31-20-25-23-7-3-1-5-21(23)19-22-6-2-4-8-24(22)25/h1-8,19,27-31H,9-18,20,26H2. The number of fused-ring (bicyclic) bond motifs is 2. The van der Waals surface area contributed by atoms with E-state index in [4.69, 9.17) is 5.73 Å². The summed E-state index contributed by atoms with van der Waals surface area (Å²) < 4.78 is 0. The first-order valence-electron chi connectivity index (χ1n) is 11.5. The first-order valence-corrected chi connectivity index (χ1v) is 11.5. The highest BCUT2D eigenvalue weighted by atomic mass is 15.0. The molecule has 168 valence electrons. The Bertz CT molecular complexity index is 843. The highest BCUT2D eigenvalue weighted by Gasteiger charge is 2.06. The van der Waals surface area contributed by atoms with Gasteiger partial charge in [0.05, 0.1) is 0 Å². The molecule has 3 rings (SSSR count). The summed E-state index contributed by atoms with van der Waals surface area (Å²) >= 11 is 0. The molecule has 7 N–H and O–H groups in total. The average molecular weight is 423 g/mol. The van der Waals surface area contributed by atoms with Gasteiger partial charge in [-0.1, -0.05) is 48.5 Å². The van der Waals surface area contributed by atoms with E-state index >= 15 is 0 Å². The Morgan fingerprint density at radius 2 is 0.935 bits per heavy atom. The second kappa shape index (κ2) is 14.1. The van der Waals surface area contributed by atoms with Crippen LogP contribution >= 0.6 is 0 Å². The highest BCUT2D eigenvalue weighted by Crippen LogP contribution is 2.28. The van der Waals surface area contributed by atoms with Crippen LogP contribution in [0, 0.1) is 0 Å². The van der Waals surface area contributed by atoms with Gasteiger partial charge in [0.1, 0.15) is 0 Å². The van der Waals surface area contributed by atoms with Crippen molar-refractivity contribution in [3.63, 3.8) is 0 Å². The third kappa shape index (κ3) is 7.85. The molecule has 0 radical (unpaired) electrons. The van der Waals surface area contributed by atoms with E-state index in [1.165, 1.54) is 27.1 Å². The molecule has 0 heterocycles. The number of benzene rings is 3. The molecular formula is C25H38N6. The Kier molecular flexibility index (Phi) is 10.7. The maximum absolute atomic E-state index is 5.44. The largest absolute Gasteiger partial charge is 0.329 e. The molecule has 0 saturated carbocycles. The maximum atomic E-state index is 5.44. The van der Waals surface area contributed by atoms with Crippen molar-refractivity contribution in [3.05, 3.63) is 60.2 Å². The van der Waals surface area contributed by atoms with Gasteiger partial charge in [0.25, 0.3) is 0 Å². The molecule has 0 saturated heterocycles. The fourth-order valence-electron chi connectivity index (χ4n) is 3.82. The zero-order chi connectivity index (χ0) is 21.6. The molecular weight excluding hydrogens is 384 g/mol. The Hall–Kier alpha value is -2.06. The van der Waals surface area contributed by atoms with Crippen molar-refractivity contribution in [3.8, 4) is 0 Å². The van der Waals surface area contributed by atoms with E-state index in [9.17, 15) is 0 Å². The lowest BCUT2D eigenvalue weighted by molar-refractivity contribution is 0.558. The lowest BCUT2D eigenvalue weighted by Crippen LogP contribution is -2.37. The molecule has 0 spiro atoms. The van der Waals surface area contributed by atoms with Gasteiger partial charge in [-0.05, 0) is 33.2 Å². The summed E-state index contributed by atoms with van der Waals surface area (Å²) in [5, 5.41) is 22.6. The van der Waals surface area contributed by atoms with Crippen LogP contribution in [-0.2, 0) is 6.54 Å². The number of rotatable bonds is 16. The number of hydrogen-bond acceptors (Lipinski definition) is 6. The Morgan fingerprint density at radius 1 is 0.516 bits per heavy atom. The van der Waals surface area contributed by atoms with Crippen LogP contribution in [0.1, 0.15) is 5.56 Å². The van der Waals surface area contributed by atoms with E-state index in [1.807, 2.05) is 0 Å². The van der Waals surface area contributed by atoms with Crippen LogP contribution < -0.4 is 32.3 Å². The second-order valence-electron chi connectivity index (χ2n) is 7.76. The lowest BCUT2D eigenvalue weighted by Gasteiger charge is -2.13. The third-order valence-corrected chi connectivity index (χ3v) is 5.42. The van der Waals surface area contributed by atoms with Crippen LogP contribution in [0.5, 0.6) is 0 Å². The van der Waals surface area contributed by atoms with Gasteiger partial charge in [-0.2, -0.15) is 0 Å². The van der Waals surface area contributed by atoms with Crippen molar-refractivity contribution in [2.45, 2.75) is 6.54 Å². The average Bonchev–Trinajstić information content (AvgIpc) is 2.81. The van der Waals surface area contributed by atoms with Crippen LogP contribution in [0.2, 0.25) is 0 Å². The van der Waals surface area contributed by atoms with E-state index in [2.05, 4.69) is 81.2 Å². The molecule has 0 aliphatic carbocycles. The predicted molar refractivity (Wildman–Crippen MR) is 134 cm³/mol. The monoisotopic (exact) mass is 422 g/mol. The van der Waals surface area contributed by atoms with Crippen LogP contribution in [-0.4, -0.2) is 65.4 Å². The van der Waals surface area contributed by atoms with Crippen LogP contribution in [0.3, 0.4) is 0 Å². The molecule has 0 amide bonds. The van der Waals surface area contributed by atoms with E-state index in [0.717, 1.165) is 65.4 Å². The molecule has 0 bridgehead atoms. The normalized spacial score (nSPS) is 11.5. The van der Waals surface area contributed by atoms with Crippen molar-refractivity contribution >= 4 is 21.5 Å². The molecule has 0 unspecified atom stereocenters. The minimum atomic E-state index is 0.699. The minimum absolute atomic E-state index is 0.699. The molecule has 0 aliphatic rings. The van der Waals surface area contributed by atoms with Gasteiger partial charge >= 0.3 is 0 Å². The molecule has 3 aromatic rings. The molecule has 6 nitrogen and oxygen atoms in total. The van der Waals surface area contributed by atoms with E-state index in [1.54, 1.807) is 0 Å². The van der Waals surface area contributed by atoms with Crippen LogP contribution in [0.25, 0.3) is 21.5 Å². The second-order valence-corrected chi connectivity index (χ2v) is 7.76. The van der Waals surface area contributed by atoms with E-state index < -0.39 is 0 Å². The van der Waals surface area contributed by atoms with Crippen molar-refractivity contribution in [2.24, 2.45) is 5.73 Å². The topological polar surface area (TPSA) is 86.2 Å². The number of hydrogen-bond donors (Lipinski definition) is 6. The first-order chi connectivity index (χ1) is 15.4. The lowest BCUT2D eigenvalue weighted by atomic mass is 9.97. The zero-order valence-corrected chi connectivity index (χ0v) is 18.6. The summed E-state index contributed by atoms with van der Waals surface area (Å²) in [6, 6.07) is 19.6. The van der Waals surface area contributed by atoms with Crippen molar-refractivity contribution in [1.82, 2.24) is 26.6 Å². The number of nitrogens with two attached hydrogens (primary N) is 1. The first kappa shape index (κ1) is 23.6. The van der Waals surface area contributed by atoms with E-state index in [0.29, 0.717) is 6.54 Å². The predicted octanol–water partition coefficient (Wildman–Crippen LogP) is 1.40. The molecule has 3 aromatic carbocycles. The van der Waals surface area contributed by atoms with Crippen LogP contribution in [0.15, 0.2) is 54.6 Å². The molecule has 0 aliphatic heterocycles. The summed E-state index contributed by atoms with van der Waals surface area (Å²) in [5.41, 5.74) is 6.83. The van der Waals surface area contributed by atoms with Gasteiger partial charge in [-0.15, -0.1) is 0 Å². The van der Waals surface area contributed by atoms with Crippen molar-refractivity contribution in [1.29, 1.82) is 0 Å². The van der Waals surface area contributed by atoms with Gasteiger partial charge < -0.3 is 32.3 Å². The summed E-state index contributed by atoms with van der Waals surface area (Å²) in [7, 11) is 0. The summed E-state index contributed by atoms with van der Waals surface area (Å²) in [6.07, 6.45) is 0. The smallest absolute Gasteiger partial charge is 0.0218 e. The van der Waals surface area contributed by atoms with Gasteiger partial charge in [0.15, 0.2) is 0 Å². The number of nitrogens with one attached hydrogen (secondary N) is 5. The zero-order valence-electron chi connectivity index (χ0n) is 18.6.